The van der Waals surface area contributed by atoms with Gasteiger partial charge in [-0.15, -0.1) is 0 Å². The highest BCUT2D eigenvalue weighted by atomic mass is 31.2. The number of allylic oxidation sites excluding steroid dienone is 1. The van der Waals surface area contributed by atoms with Gasteiger partial charge in [0.2, 0.25) is 0 Å². The summed E-state index contributed by atoms with van der Waals surface area (Å²) >= 11 is 0. The quantitative estimate of drug-likeness (QED) is 0.0182. The maximum Gasteiger partial charge on any atom is 0.469 e. The molecule has 316 valence electrons. The summed E-state index contributed by atoms with van der Waals surface area (Å²) in [4.78, 5) is 43.1. The third-order valence-corrected chi connectivity index (χ3v) is 11.1. The molecule has 1 saturated carbocycles. The van der Waals surface area contributed by atoms with Crippen molar-refractivity contribution in [1.82, 2.24) is 0 Å². The second-order valence-corrected chi connectivity index (χ2v) is 16.8. The molecule has 1 rings (SSSR count). The average molecular weight is 789 g/mol. The van der Waals surface area contributed by atoms with E-state index < -0.39 is 57.4 Å². The fourth-order valence-corrected chi connectivity index (χ4v) is 7.33. The zero-order valence-electron chi connectivity index (χ0n) is 33.9. The molecule has 11 nitrogen and oxygen atoms in total. The van der Waals surface area contributed by atoms with Gasteiger partial charge in [-0.1, -0.05) is 161 Å². The summed E-state index contributed by atoms with van der Waals surface area (Å²) in [6, 6.07) is 0. The van der Waals surface area contributed by atoms with Gasteiger partial charge >= 0.3 is 19.8 Å². The Morgan fingerprint density at radius 1 is 0.759 bits per heavy atom. The number of phosphoric ester groups is 1. The van der Waals surface area contributed by atoms with Gasteiger partial charge in [-0.3, -0.25) is 14.1 Å². The van der Waals surface area contributed by atoms with Gasteiger partial charge < -0.3 is 34.6 Å². The van der Waals surface area contributed by atoms with E-state index in [1.807, 2.05) is 0 Å². The van der Waals surface area contributed by atoms with Crippen LogP contribution in [0.3, 0.4) is 0 Å². The molecule has 0 spiro atoms. The minimum absolute atomic E-state index is 0.110. The fraction of sp³-hybridized carbons (Fsp3) is 0.857. The maximum absolute atomic E-state index is 12.5. The Kier molecular flexibility index (Phi) is 29.4. The van der Waals surface area contributed by atoms with Crippen molar-refractivity contribution in [3.8, 4) is 0 Å². The van der Waals surface area contributed by atoms with Crippen LogP contribution in [0.2, 0.25) is 0 Å². The van der Waals surface area contributed by atoms with Crippen molar-refractivity contribution in [3.63, 3.8) is 0 Å². The van der Waals surface area contributed by atoms with Crippen molar-refractivity contribution in [3.05, 3.63) is 24.3 Å². The maximum atomic E-state index is 12.5. The number of rotatable bonds is 34. The molecule has 0 aliphatic heterocycles. The molecule has 12 heteroatoms. The van der Waals surface area contributed by atoms with Crippen LogP contribution < -0.4 is 0 Å². The van der Waals surface area contributed by atoms with Crippen LogP contribution in [-0.2, 0) is 28.2 Å². The summed E-state index contributed by atoms with van der Waals surface area (Å²) in [5, 5.41) is 31.2. The van der Waals surface area contributed by atoms with Crippen LogP contribution in [0.1, 0.15) is 175 Å². The molecule has 0 aromatic carbocycles. The van der Waals surface area contributed by atoms with Gasteiger partial charge in [-0.05, 0) is 31.1 Å². The number of esters is 2. The number of aliphatic hydroxyl groups is 3. The molecule has 0 radical (unpaired) electrons. The summed E-state index contributed by atoms with van der Waals surface area (Å²) in [5.74, 6) is -0.913. The van der Waals surface area contributed by atoms with E-state index >= 15 is 0 Å². The van der Waals surface area contributed by atoms with Crippen molar-refractivity contribution < 1.29 is 53.3 Å². The first kappa shape index (κ1) is 50.4. The molecule has 54 heavy (non-hydrogen) atoms. The lowest BCUT2D eigenvalue weighted by Gasteiger charge is -2.19. The van der Waals surface area contributed by atoms with Gasteiger partial charge in [0, 0.05) is 18.8 Å². The Morgan fingerprint density at radius 3 is 1.91 bits per heavy atom. The van der Waals surface area contributed by atoms with E-state index in [2.05, 4.69) is 25.3 Å². The number of unbranched alkanes of at least 4 members (excludes halogenated alkanes) is 15. The molecule has 1 aliphatic carbocycles. The third kappa shape index (κ3) is 27.1. The molecule has 7 atom stereocenters. The molecule has 0 heterocycles. The highest BCUT2D eigenvalue weighted by Crippen LogP contribution is 2.37. The van der Waals surface area contributed by atoms with Crippen LogP contribution >= 0.6 is 7.82 Å². The molecule has 1 aliphatic rings. The predicted molar refractivity (Wildman–Crippen MR) is 213 cm³/mol. The molecule has 5 N–H and O–H groups in total. The molecular weight excluding hydrogens is 711 g/mol. The summed E-state index contributed by atoms with van der Waals surface area (Å²) < 4.78 is 26.3. The van der Waals surface area contributed by atoms with Crippen molar-refractivity contribution in [2.75, 3.05) is 13.2 Å². The van der Waals surface area contributed by atoms with Gasteiger partial charge in [-0.25, -0.2) is 4.57 Å². The first-order chi connectivity index (χ1) is 25.9. The topological polar surface area (TPSA) is 180 Å². The van der Waals surface area contributed by atoms with Crippen LogP contribution in [0.5, 0.6) is 0 Å². The van der Waals surface area contributed by atoms with Crippen molar-refractivity contribution in [2.24, 2.45) is 17.8 Å². The van der Waals surface area contributed by atoms with Gasteiger partial charge in [0.1, 0.15) is 6.61 Å². The molecule has 0 amide bonds. The lowest BCUT2D eigenvalue weighted by Crippen LogP contribution is -2.29. The van der Waals surface area contributed by atoms with Crippen molar-refractivity contribution in [1.29, 1.82) is 0 Å². The van der Waals surface area contributed by atoms with Crippen LogP contribution in [0.25, 0.3) is 0 Å². The Balaban J connectivity index is 2.29. The second kappa shape index (κ2) is 31.5. The Morgan fingerprint density at radius 2 is 1.33 bits per heavy atom. The summed E-state index contributed by atoms with van der Waals surface area (Å²) in [6.45, 7) is 5.67. The van der Waals surface area contributed by atoms with Crippen LogP contribution in [0, 0.1) is 17.8 Å². The van der Waals surface area contributed by atoms with Crippen molar-refractivity contribution in [2.45, 2.75) is 199 Å². The Bertz CT molecular complexity index is 1060. The van der Waals surface area contributed by atoms with Crippen LogP contribution in [-0.4, -0.2) is 74.7 Å². The standard InChI is InChI=1S/C42H77O11P/c1-4-6-19-25-35(43)29-30-38-37(39(44)31-40(38)45)26-22-23-27-41(46)51-32-36(33-52-54(48,49)50)53-42(47)28-21-18-16-14-12-10-8-7-9-11-13-15-17-20-24-34(3)5-2/h22-23,29-30,34-40,43-45H,4-21,24-28,31-33H2,1-3H3,(H2,48,49,50)/b23-22-,30-29+/t34?,35-,36-,37+,38-,39+,40-/m1/s1. The number of carbonyl (C=O) groups is 2. The summed E-state index contributed by atoms with van der Waals surface area (Å²) in [5.41, 5.74) is 0. The Labute approximate surface area is 327 Å². The van der Waals surface area contributed by atoms with Gasteiger partial charge in [0.05, 0.1) is 31.3 Å². The first-order valence-electron chi connectivity index (χ1n) is 21.3. The van der Waals surface area contributed by atoms with E-state index in [4.69, 9.17) is 19.3 Å². The highest BCUT2D eigenvalue weighted by Gasteiger charge is 2.39. The average Bonchev–Trinajstić information content (AvgIpc) is 3.40. The lowest BCUT2D eigenvalue weighted by molar-refractivity contribution is -0.160. The number of phosphoric acid groups is 1. The molecule has 1 unspecified atom stereocenters. The van der Waals surface area contributed by atoms with E-state index in [-0.39, 0.29) is 31.1 Å². The fourth-order valence-electron chi connectivity index (χ4n) is 6.97. The van der Waals surface area contributed by atoms with Gasteiger partial charge in [-0.2, -0.15) is 0 Å². The predicted octanol–water partition coefficient (Wildman–Crippen LogP) is 9.03. The second-order valence-electron chi connectivity index (χ2n) is 15.6. The zero-order valence-corrected chi connectivity index (χ0v) is 34.8. The lowest BCUT2D eigenvalue weighted by atomic mass is 9.89. The normalized spacial score (nSPS) is 20.8. The first-order valence-corrected chi connectivity index (χ1v) is 22.8. The van der Waals surface area contributed by atoms with Crippen molar-refractivity contribution >= 4 is 19.8 Å². The molecular formula is C42H77O11P. The number of ether oxygens (including phenoxy) is 2. The van der Waals surface area contributed by atoms with Gasteiger partial charge in [0.15, 0.2) is 6.10 Å². The van der Waals surface area contributed by atoms with E-state index in [1.54, 1.807) is 24.3 Å². The third-order valence-electron chi connectivity index (χ3n) is 10.6. The number of hydrogen-bond donors (Lipinski definition) is 5. The van der Waals surface area contributed by atoms with Gasteiger partial charge in [0.25, 0.3) is 0 Å². The monoisotopic (exact) mass is 789 g/mol. The molecule has 0 aromatic rings. The Hall–Kier alpha value is -1.59. The van der Waals surface area contributed by atoms with E-state index in [0.717, 1.165) is 44.4 Å². The SMILES string of the molecule is CCCCC[C@@H](O)/C=C/[C@@H]1[C@H](C/C=C\CC(=O)OC[C@H](COP(=O)(O)O)OC(=O)CCCCCCCCCCCCCCCCC(C)CC)[C@@H](O)C[C@H]1O. The molecule has 1 fully saturated rings. The molecule has 0 saturated heterocycles. The molecule has 0 bridgehead atoms. The van der Waals surface area contributed by atoms with E-state index in [9.17, 15) is 29.5 Å². The van der Waals surface area contributed by atoms with E-state index in [0.29, 0.717) is 19.3 Å². The minimum atomic E-state index is -4.83. The molecule has 0 aromatic heterocycles. The minimum Gasteiger partial charge on any atom is -0.461 e. The number of aliphatic hydroxyl groups excluding tert-OH is 3. The van der Waals surface area contributed by atoms with Crippen LogP contribution in [0.15, 0.2) is 24.3 Å². The summed E-state index contributed by atoms with van der Waals surface area (Å²) in [7, 11) is -4.83. The zero-order chi connectivity index (χ0) is 40.0. The number of carbonyl (C=O) groups excluding carboxylic acids is 2. The highest BCUT2D eigenvalue weighted by molar-refractivity contribution is 7.46. The smallest absolute Gasteiger partial charge is 0.461 e. The van der Waals surface area contributed by atoms with E-state index in [1.165, 1.54) is 77.0 Å². The summed E-state index contributed by atoms with van der Waals surface area (Å²) in [6.07, 6.45) is 27.4. The number of hydrogen-bond acceptors (Lipinski definition) is 9. The van der Waals surface area contributed by atoms with Crippen LogP contribution in [0.4, 0.5) is 0 Å². The largest absolute Gasteiger partial charge is 0.469 e.